The summed E-state index contributed by atoms with van der Waals surface area (Å²) in [6.45, 7) is 4.29. The van der Waals surface area contributed by atoms with Gasteiger partial charge in [0.1, 0.15) is 0 Å². The molecule has 1 N–H and O–H groups in total. The monoisotopic (exact) mass is 358 g/mol. The van der Waals surface area contributed by atoms with Crippen molar-refractivity contribution in [3.63, 3.8) is 0 Å². The molecule has 0 unspecified atom stereocenters. The van der Waals surface area contributed by atoms with Crippen LogP contribution in [0, 0.1) is 0 Å². The van der Waals surface area contributed by atoms with Gasteiger partial charge in [-0.3, -0.25) is 14.4 Å². The zero-order chi connectivity index (χ0) is 18.4. The summed E-state index contributed by atoms with van der Waals surface area (Å²) in [6.07, 6.45) is 1.24. The number of anilines is 1. The van der Waals surface area contributed by atoms with Crippen molar-refractivity contribution < 1.29 is 14.4 Å². The number of rotatable bonds is 5. The molecule has 0 aliphatic carbocycles. The maximum Gasteiger partial charge on any atom is 0.239 e. The first-order valence-electron chi connectivity index (χ1n) is 9.26. The van der Waals surface area contributed by atoms with E-state index in [4.69, 9.17) is 0 Å². The van der Waals surface area contributed by atoms with Crippen LogP contribution in [0.5, 0.6) is 0 Å². The van der Waals surface area contributed by atoms with Gasteiger partial charge in [0.25, 0.3) is 0 Å². The minimum Gasteiger partial charge on any atom is -0.368 e. The van der Waals surface area contributed by atoms with Crippen molar-refractivity contribution in [2.75, 3.05) is 50.7 Å². The van der Waals surface area contributed by atoms with E-state index >= 15 is 0 Å². The second-order valence-corrected chi connectivity index (χ2v) is 6.72. The molecule has 0 saturated carbocycles. The van der Waals surface area contributed by atoms with E-state index in [2.05, 4.69) is 22.3 Å². The number of amides is 3. The van der Waals surface area contributed by atoms with Crippen LogP contribution in [0.15, 0.2) is 30.3 Å². The van der Waals surface area contributed by atoms with Crippen molar-refractivity contribution >= 4 is 23.4 Å². The van der Waals surface area contributed by atoms with Crippen molar-refractivity contribution in [2.24, 2.45) is 0 Å². The number of piperazine rings is 2. The summed E-state index contributed by atoms with van der Waals surface area (Å²) < 4.78 is 0. The number of benzene rings is 1. The van der Waals surface area contributed by atoms with Gasteiger partial charge in [0.05, 0.1) is 6.54 Å². The molecule has 1 aromatic carbocycles. The molecule has 3 rings (SSSR count). The van der Waals surface area contributed by atoms with Crippen LogP contribution >= 0.6 is 0 Å². The van der Waals surface area contributed by atoms with Gasteiger partial charge in [-0.1, -0.05) is 18.2 Å². The SMILES string of the molecule is O=C1CN(C(=O)CCCC(=O)N2CCN(c3ccccc3)CC2)CCN1. The highest BCUT2D eigenvalue weighted by atomic mass is 16.2. The Labute approximate surface area is 153 Å². The average molecular weight is 358 g/mol. The molecule has 2 heterocycles. The van der Waals surface area contributed by atoms with Gasteiger partial charge in [0.15, 0.2) is 0 Å². The molecule has 0 atom stereocenters. The lowest BCUT2D eigenvalue weighted by molar-refractivity contribution is -0.138. The lowest BCUT2D eigenvalue weighted by Gasteiger charge is -2.36. The van der Waals surface area contributed by atoms with E-state index < -0.39 is 0 Å². The molecule has 26 heavy (non-hydrogen) atoms. The van der Waals surface area contributed by atoms with Crippen LogP contribution in [0.3, 0.4) is 0 Å². The minimum atomic E-state index is -0.114. The van der Waals surface area contributed by atoms with Crippen LogP contribution in [-0.2, 0) is 14.4 Å². The molecule has 1 aromatic rings. The van der Waals surface area contributed by atoms with Gasteiger partial charge in [0, 0.05) is 57.8 Å². The van der Waals surface area contributed by atoms with Gasteiger partial charge in [-0.25, -0.2) is 0 Å². The number of hydrogen-bond donors (Lipinski definition) is 1. The van der Waals surface area contributed by atoms with Crippen LogP contribution in [0.2, 0.25) is 0 Å². The van der Waals surface area contributed by atoms with E-state index in [9.17, 15) is 14.4 Å². The third-order valence-corrected chi connectivity index (χ3v) is 4.93. The van der Waals surface area contributed by atoms with Gasteiger partial charge in [-0.15, -0.1) is 0 Å². The zero-order valence-corrected chi connectivity index (χ0v) is 15.0. The largest absolute Gasteiger partial charge is 0.368 e. The molecular formula is C19H26N4O3. The van der Waals surface area contributed by atoms with E-state index in [1.165, 1.54) is 5.69 Å². The third kappa shape index (κ3) is 4.74. The summed E-state index contributed by atoms with van der Waals surface area (Å²) in [5, 5.41) is 2.70. The van der Waals surface area contributed by atoms with Gasteiger partial charge in [0.2, 0.25) is 17.7 Å². The molecule has 2 fully saturated rings. The summed E-state index contributed by atoms with van der Waals surface area (Å²) in [6, 6.07) is 10.2. The van der Waals surface area contributed by atoms with E-state index in [1.807, 2.05) is 23.1 Å². The fourth-order valence-corrected chi connectivity index (χ4v) is 3.41. The van der Waals surface area contributed by atoms with Crippen LogP contribution < -0.4 is 10.2 Å². The molecule has 7 heteroatoms. The molecule has 0 spiro atoms. The van der Waals surface area contributed by atoms with Crippen LogP contribution in [-0.4, -0.2) is 73.3 Å². The fraction of sp³-hybridized carbons (Fsp3) is 0.526. The molecule has 3 amide bonds. The second-order valence-electron chi connectivity index (χ2n) is 6.72. The Bertz CT molecular complexity index is 641. The Balaban J connectivity index is 1.37. The predicted octanol–water partition coefficient (Wildman–Crippen LogP) is 0.464. The zero-order valence-electron chi connectivity index (χ0n) is 15.0. The van der Waals surface area contributed by atoms with E-state index in [0.717, 1.165) is 13.1 Å². The summed E-state index contributed by atoms with van der Waals surface area (Å²) in [4.78, 5) is 41.6. The molecular weight excluding hydrogens is 332 g/mol. The Kier molecular flexibility index (Phi) is 6.09. The van der Waals surface area contributed by atoms with Gasteiger partial charge in [-0.2, -0.15) is 0 Å². The molecule has 7 nitrogen and oxygen atoms in total. The number of para-hydroxylation sites is 1. The lowest BCUT2D eigenvalue weighted by atomic mass is 10.1. The molecule has 2 aliphatic heterocycles. The molecule has 0 aromatic heterocycles. The Morgan fingerprint density at radius 2 is 1.54 bits per heavy atom. The normalized spacial score (nSPS) is 17.8. The maximum absolute atomic E-state index is 12.4. The van der Waals surface area contributed by atoms with Crippen molar-refractivity contribution in [1.29, 1.82) is 0 Å². The number of carbonyl (C=O) groups is 3. The Morgan fingerprint density at radius 1 is 0.885 bits per heavy atom. The summed E-state index contributed by atoms with van der Waals surface area (Å²) >= 11 is 0. The smallest absolute Gasteiger partial charge is 0.239 e. The highest BCUT2D eigenvalue weighted by Crippen LogP contribution is 2.16. The molecule has 140 valence electrons. The number of carbonyl (C=O) groups excluding carboxylic acids is 3. The Morgan fingerprint density at radius 3 is 2.19 bits per heavy atom. The summed E-state index contributed by atoms with van der Waals surface area (Å²) in [5.74, 6) is -0.0413. The standard InChI is InChI=1S/C19H26N4O3/c24-17-15-23(10-9-20-17)19(26)8-4-7-18(25)22-13-11-21(12-14-22)16-5-2-1-3-6-16/h1-3,5-6H,4,7-15H2,(H,20,24). The van der Waals surface area contributed by atoms with Crippen molar-refractivity contribution in [2.45, 2.75) is 19.3 Å². The third-order valence-electron chi connectivity index (χ3n) is 4.93. The first-order valence-corrected chi connectivity index (χ1v) is 9.26. The number of nitrogens with one attached hydrogen (secondary N) is 1. The van der Waals surface area contributed by atoms with Gasteiger partial charge >= 0.3 is 0 Å². The highest BCUT2D eigenvalue weighted by Gasteiger charge is 2.23. The molecule has 2 aliphatic rings. The van der Waals surface area contributed by atoms with Crippen LogP contribution in [0.4, 0.5) is 5.69 Å². The van der Waals surface area contributed by atoms with Crippen molar-refractivity contribution in [1.82, 2.24) is 15.1 Å². The summed E-state index contributed by atoms with van der Waals surface area (Å²) in [5.41, 5.74) is 1.19. The molecule has 2 saturated heterocycles. The topological polar surface area (TPSA) is 73.0 Å². The molecule has 0 bridgehead atoms. The van der Waals surface area contributed by atoms with Crippen LogP contribution in [0.25, 0.3) is 0 Å². The Hall–Kier alpha value is -2.57. The maximum atomic E-state index is 12.4. The molecule has 0 radical (unpaired) electrons. The number of nitrogens with zero attached hydrogens (tertiary/aromatic N) is 3. The summed E-state index contributed by atoms with van der Waals surface area (Å²) in [7, 11) is 0. The van der Waals surface area contributed by atoms with E-state index in [-0.39, 0.29) is 24.3 Å². The first-order chi connectivity index (χ1) is 12.6. The predicted molar refractivity (Wildman–Crippen MR) is 98.7 cm³/mol. The van der Waals surface area contributed by atoms with Crippen LogP contribution in [0.1, 0.15) is 19.3 Å². The van der Waals surface area contributed by atoms with E-state index in [0.29, 0.717) is 45.4 Å². The first kappa shape index (κ1) is 18.2. The van der Waals surface area contributed by atoms with Crippen molar-refractivity contribution in [3.05, 3.63) is 30.3 Å². The fourth-order valence-electron chi connectivity index (χ4n) is 3.41. The van der Waals surface area contributed by atoms with Crippen molar-refractivity contribution in [3.8, 4) is 0 Å². The lowest BCUT2D eigenvalue weighted by Crippen LogP contribution is -2.50. The van der Waals surface area contributed by atoms with Gasteiger partial charge in [-0.05, 0) is 18.6 Å². The average Bonchev–Trinajstić information content (AvgIpc) is 2.68. The minimum absolute atomic E-state index is 0.0402. The highest BCUT2D eigenvalue weighted by molar-refractivity contribution is 5.86. The van der Waals surface area contributed by atoms with E-state index in [1.54, 1.807) is 4.90 Å². The van der Waals surface area contributed by atoms with Gasteiger partial charge < -0.3 is 20.0 Å². The quantitative estimate of drug-likeness (QED) is 0.830. The second kappa shape index (κ2) is 8.69. The number of hydrogen-bond acceptors (Lipinski definition) is 4.